The fraction of sp³-hybridized carbons (Fsp3) is 0.714. The lowest BCUT2D eigenvalue weighted by Gasteiger charge is -2.35. The monoisotopic (exact) mass is 253 g/mol. The molecule has 1 heterocycles. The summed E-state index contributed by atoms with van der Waals surface area (Å²) >= 11 is 0. The van der Waals surface area contributed by atoms with Crippen LogP contribution in [0.2, 0.25) is 0 Å². The second-order valence-electron chi connectivity index (χ2n) is 5.98. The van der Waals surface area contributed by atoms with E-state index >= 15 is 0 Å². The second-order valence-corrected chi connectivity index (χ2v) is 5.98. The average Bonchev–Trinajstić information content (AvgIpc) is 2.50. The summed E-state index contributed by atoms with van der Waals surface area (Å²) in [6.45, 7) is 15.2. The summed E-state index contributed by atoms with van der Waals surface area (Å²) < 4.78 is 11.1. The van der Waals surface area contributed by atoms with Crippen LogP contribution >= 0.6 is 0 Å². The molecule has 0 saturated carbocycles. The van der Waals surface area contributed by atoms with Crippen LogP contribution in [0, 0.1) is 0 Å². The SMILES string of the molecule is C=C=C(C)[C@H]1COC(C)(C)N1C(=O)OC(C)(C)C. The molecular weight excluding hydrogens is 230 g/mol. The predicted octanol–water partition coefficient (Wildman–Crippen LogP) is 3.09. The highest BCUT2D eigenvalue weighted by Crippen LogP contribution is 2.32. The van der Waals surface area contributed by atoms with E-state index in [1.165, 1.54) is 0 Å². The highest BCUT2D eigenvalue weighted by atomic mass is 16.6. The van der Waals surface area contributed by atoms with Crippen LogP contribution < -0.4 is 0 Å². The molecule has 0 spiro atoms. The van der Waals surface area contributed by atoms with Crippen molar-refractivity contribution in [3.8, 4) is 0 Å². The van der Waals surface area contributed by atoms with Gasteiger partial charge in [-0.3, -0.25) is 4.90 Å². The maximum atomic E-state index is 12.3. The van der Waals surface area contributed by atoms with Crippen LogP contribution in [0.15, 0.2) is 17.9 Å². The topological polar surface area (TPSA) is 38.8 Å². The summed E-state index contributed by atoms with van der Waals surface area (Å²) in [5.41, 5.74) is 2.51. The first-order chi connectivity index (χ1) is 8.08. The van der Waals surface area contributed by atoms with Gasteiger partial charge in [-0.2, -0.15) is 0 Å². The Morgan fingerprint density at radius 3 is 2.50 bits per heavy atom. The van der Waals surface area contributed by atoms with Crippen molar-refractivity contribution < 1.29 is 14.3 Å². The van der Waals surface area contributed by atoms with Crippen LogP contribution in [-0.2, 0) is 9.47 Å². The molecule has 18 heavy (non-hydrogen) atoms. The summed E-state index contributed by atoms with van der Waals surface area (Å²) in [5, 5.41) is 0. The van der Waals surface area contributed by atoms with Gasteiger partial charge in [-0.25, -0.2) is 4.79 Å². The van der Waals surface area contributed by atoms with Gasteiger partial charge < -0.3 is 9.47 Å². The van der Waals surface area contributed by atoms with Crippen molar-refractivity contribution in [2.75, 3.05) is 6.61 Å². The molecule has 1 aliphatic heterocycles. The van der Waals surface area contributed by atoms with Crippen molar-refractivity contribution in [3.63, 3.8) is 0 Å². The number of hydrogen-bond donors (Lipinski definition) is 0. The molecule has 1 rings (SSSR count). The average molecular weight is 253 g/mol. The van der Waals surface area contributed by atoms with Gasteiger partial charge in [-0.15, -0.1) is 5.73 Å². The van der Waals surface area contributed by atoms with Crippen LogP contribution in [-0.4, -0.2) is 35.0 Å². The summed E-state index contributed by atoms with van der Waals surface area (Å²) in [7, 11) is 0. The Hall–Kier alpha value is -1.25. The minimum Gasteiger partial charge on any atom is -0.444 e. The molecule has 0 aromatic heterocycles. The number of ether oxygens (including phenoxy) is 2. The zero-order valence-corrected chi connectivity index (χ0v) is 12.2. The van der Waals surface area contributed by atoms with Gasteiger partial charge in [0.1, 0.15) is 11.3 Å². The third-order valence-corrected chi connectivity index (χ3v) is 2.86. The second kappa shape index (κ2) is 4.79. The fourth-order valence-corrected chi connectivity index (χ4v) is 1.90. The van der Waals surface area contributed by atoms with Gasteiger partial charge in [-0.05, 0) is 47.1 Å². The van der Waals surface area contributed by atoms with Crippen LogP contribution in [0.4, 0.5) is 4.79 Å². The molecule has 102 valence electrons. The molecule has 0 bridgehead atoms. The quantitative estimate of drug-likeness (QED) is 0.674. The molecule has 0 aromatic rings. The van der Waals surface area contributed by atoms with Gasteiger partial charge in [-0.1, -0.05) is 6.58 Å². The zero-order valence-electron chi connectivity index (χ0n) is 12.2. The summed E-state index contributed by atoms with van der Waals surface area (Å²) in [6, 6.07) is -0.160. The van der Waals surface area contributed by atoms with E-state index in [0.717, 1.165) is 5.57 Å². The van der Waals surface area contributed by atoms with Crippen LogP contribution in [0.25, 0.3) is 0 Å². The molecule has 4 heteroatoms. The van der Waals surface area contributed by atoms with E-state index in [9.17, 15) is 4.79 Å². The number of hydrogen-bond acceptors (Lipinski definition) is 3. The van der Waals surface area contributed by atoms with Crippen LogP contribution in [0.1, 0.15) is 41.5 Å². The maximum Gasteiger partial charge on any atom is 0.413 e. The van der Waals surface area contributed by atoms with E-state index in [-0.39, 0.29) is 12.1 Å². The van der Waals surface area contributed by atoms with Crippen molar-refractivity contribution in [1.82, 2.24) is 4.90 Å². The predicted molar refractivity (Wildman–Crippen MR) is 70.2 cm³/mol. The third-order valence-electron chi connectivity index (χ3n) is 2.86. The van der Waals surface area contributed by atoms with Gasteiger partial charge in [0.05, 0.1) is 12.6 Å². The van der Waals surface area contributed by atoms with Crippen molar-refractivity contribution >= 4 is 6.09 Å². The Kier molecular flexibility index (Phi) is 3.94. The molecule has 0 unspecified atom stereocenters. The van der Waals surface area contributed by atoms with Crippen molar-refractivity contribution in [2.45, 2.75) is 58.9 Å². The number of carbonyl (C=O) groups excluding carboxylic acids is 1. The first-order valence-corrected chi connectivity index (χ1v) is 6.11. The lowest BCUT2D eigenvalue weighted by molar-refractivity contribution is -0.0613. The summed E-state index contributed by atoms with van der Waals surface area (Å²) in [4.78, 5) is 13.9. The Morgan fingerprint density at radius 1 is 1.50 bits per heavy atom. The van der Waals surface area contributed by atoms with Crippen molar-refractivity contribution in [1.29, 1.82) is 0 Å². The van der Waals surface area contributed by atoms with Gasteiger partial charge in [0.2, 0.25) is 0 Å². The van der Waals surface area contributed by atoms with E-state index in [4.69, 9.17) is 9.47 Å². The molecule has 1 aliphatic rings. The minimum atomic E-state index is -0.675. The Labute approximate surface area is 109 Å². The lowest BCUT2D eigenvalue weighted by Crippen LogP contribution is -2.50. The zero-order chi connectivity index (χ0) is 14.1. The van der Waals surface area contributed by atoms with E-state index in [2.05, 4.69) is 12.3 Å². The Bertz CT molecular complexity index is 386. The molecule has 1 amide bonds. The van der Waals surface area contributed by atoms with Gasteiger partial charge >= 0.3 is 6.09 Å². The smallest absolute Gasteiger partial charge is 0.413 e. The molecule has 0 radical (unpaired) electrons. The molecule has 1 saturated heterocycles. The number of carbonyl (C=O) groups is 1. The van der Waals surface area contributed by atoms with E-state index in [0.29, 0.717) is 6.61 Å². The lowest BCUT2D eigenvalue weighted by atomic mass is 10.1. The molecule has 0 N–H and O–H groups in total. The summed E-state index contributed by atoms with van der Waals surface area (Å²) in [6.07, 6.45) is -0.371. The largest absolute Gasteiger partial charge is 0.444 e. The van der Waals surface area contributed by atoms with Crippen molar-refractivity contribution in [3.05, 3.63) is 17.9 Å². The number of amides is 1. The summed E-state index contributed by atoms with van der Waals surface area (Å²) in [5.74, 6) is 0. The maximum absolute atomic E-state index is 12.3. The molecule has 1 fully saturated rings. The number of rotatable bonds is 1. The standard InChI is InChI=1S/C14H23NO3/c1-8-10(2)11-9-17-14(6,7)15(11)12(16)18-13(3,4)5/h11H,1,9H2,2-7H3/t11-/m1/s1. The molecule has 1 atom stereocenters. The highest BCUT2D eigenvalue weighted by molar-refractivity contribution is 5.70. The van der Waals surface area contributed by atoms with E-state index in [1.807, 2.05) is 41.5 Å². The number of nitrogens with zero attached hydrogens (tertiary/aromatic N) is 1. The van der Waals surface area contributed by atoms with E-state index < -0.39 is 11.3 Å². The Morgan fingerprint density at radius 2 is 2.06 bits per heavy atom. The van der Waals surface area contributed by atoms with Crippen LogP contribution in [0.3, 0.4) is 0 Å². The first-order valence-electron chi connectivity index (χ1n) is 6.11. The van der Waals surface area contributed by atoms with Gasteiger partial charge in [0.25, 0.3) is 0 Å². The van der Waals surface area contributed by atoms with Gasteiger partial charge in [0, 0.05) is 0 Å². The fourth-order valence-electron chi connectivity index (χ4n) is 1.90. The van der Waals surface area contributed by atoms with E-state index in [1.54, 1.807) is 4.90 Å². The first kappa shape index (κ1) is 14.8. The third kappa shape index (κ3) is 3.15. The van der Waals surface area contributed by atoms with Crippen LogP contribution in [0.5, 0.6) is 0 Å². The molecular formula is C14H23NO3. The Balaban J connectivity index is 2.99. The molecule has 0 aliphatic carbocycles. The normalized spacial score (nSPS) is 22.6. The van der Waals surface area contributed by atoms with Crippen molar-refractivity contribution in [2.24, 2.45) is 0 Å². The highest BCUT2D eigenvalue weighted by Gasteiger charge is 2.46. The van der Waals surface area contributed by atoms with Gasteiger partial charge in [0.15, 0.2) is 0 Å². The molecule has 4 nitrogen and oxygen atoms in total. The minimum absolute atomic E-state index is 0.160. The molecule has 0 aromatic carbocycles.